The van der Waals surface area contributed by atoms with Crippen molar-refractivity contribution in [2.45, 2.75) is 24.8 Å². The zero-order valence-electron chi connectivity index (χ0n) is 16.0. The quantitative estimate of drug-likeness (QED) is 0.344. The van der Waals surface area contributed by atoms with Crippen LogP contribution in [0.5, 0.6) is 0 Å². The number of benzene rings is 3. The lowest BCUT2D eigenvalue weighted by molar-refractivity contribution is -0.136. The smallest absolute Gasteiger partial charge is 0.307 e. The Hall–Kier alpha value is -2.14. The van der Waals surface area contributed by atoms with Crippen LogP contribution < -0.4 is 0 Å². The van der Waals surface area contributed by atoms with Crippen LogP contribution in [0.25, 0.3) is 21.8 Å². The van der Waals surface area contributed by atoms with Crippen molar-refractivity contribution in [1.82, 2.24) is 4.57 Å². The van der Waals surface area contributed by atoms with E-state index in [-0.39, 0.29) is 6.42 Å². The number of thioether (sulfide) groups is 1. The van der Waals surface area contributed by atoms with E-state index in [2.05, 4.69) is 16.7 Å². The van der Waals surface area contributed by atoms with E-state index in [1.54, 1.807) is 11.8 Å². The molecule has 1 heterocycles. The van der Waals surface area contributed by atoms with Crippen molar-refractivity contribution in [2.75, 3.05) is 6.26 Å². The lowest BCUT2D eigenvalue weighted by Crippen LogP contribution is -2.05. The average molecular weight is 444 g/mol. The first-order chi connectivity index (χ1) is 13.9. The predicted octanol–water partition coefficient (Wildman–Crippen LogP) is 6.81. The number of nitrogens with zero attached hydrogens (tertiary/aromatic N) is 1. The second-order valence-corrected chi connectivity index (χ2v) is 8.66. The van der Waals surface area contributed by atoms with Crippen molar-refractivity contribution < 1.29 is 9.90 Å². The Labute approximate surface area is 183 Å². The molecule has 1 N–H and O–H groups in total. The van der Waals surface area contributed by atoms with Gasteiger partial charge in [-0.05, 0) is 48.1 Å². The van der Waals surface area contributed by atoms with E-state index >= 15 is 0 Å². The summed E-state index contributed by atoms with van der Waals surface area (Å²) in [6, 6.07) is 16.0. The molecule has 0 radical (unpaired) electrons. The molecule has 3 aromatic carbocycles. The molecule has 0 spiro atoms. The number of rotatable bonds is 5. The lowest BCUT2D eigenvalue weighted by Gasteiger charge is -2.14. The third-order valence-electron chi connectivity index (χ3n) is 5.13. The van der Waals surface area contributed by atoms with Gasteiger partial charge in [-0.1, -0.05) is 53.5 Å². The summed E-state index contributed by atoms with van der Waals surface area (Å²) in [6.07, 6.45) is 2.00. The van der Waals surface area contributed by atoms with E-state index in [1.807, 2.05) is 49.6 Å². The van der Waals surface area contributed by atoms with Gasteiger partial charge in [0.25, 0.3) is 0 Å². The second kappa shape index (κ2) is 7.94. The molecule has 0 aliphatic carbocycles. The van der Waals surface area contributed by atoms with Crippen molar-refractivity contribution in [3.05, 3.63) is 75.3 Å². The predicted molar refractivity (Wildman–Crippen MR) is 123 cm³/mol. The Morgan fingerprint density at radius 2 is 1.86 bits per heavy atom. The summed E-state index contributed by atoms with van der Waals surface area (Å²) in [6.45, 7) is 2.66. The minimum Gasteiger partial charge on any atom is -0.481 e. The molecule has 0 aliphatic rings. The number of fused-ring (bicyclic) bond motifs is 3. The highest BCUT2D eigenvalue weighted by Gasteiger charge is 2.20. The van der Waals surface area contributed by atoms with Crippen molar-refractivity contribution in [3.8, 4) is 0 Å². The van der Waals surface area contributed by atoms with Gasteiger partial charge in [-0.3, -0.25) is 4.79 Å². The maximum atomic E-state index is 11.5. The number of hydrogen-bond donors (Lipinski definition) is 1. The Bertz CT molecular complexity index is 1260. The summed E-state index contributed by atoms with van der Waals surface area (Å²) < 4.78 is 2.26. The second-order valence-electron chi connectivity index (χ2n) is 7.03. The molecule has 0 amide bonds. The average Bonchev–Trinajstić information content (AvgIpc) is 3.00. The van der Waals surface area contributed by atoms with E-state index < -0.39 is 5.97 Å². The number of aryl methyl sites for hydroxylation is 1. The third-order valence-corrected chi connectivity index (χ3v) is 6.74. The highest BCUT2D eigenvalue weighted by molar-refractivity contribution is 7.98. The number of hydrogen-bond acceptors (Lipinski definition) is 2. The largest absolute Gasteiger partial charge is 0.481 e. The monoisotopic (exact) mass is 443 g/mol. The fraction of sp³-hybridized carbons (Fsp3) is 0.174. The molecule has 1 aromatic heterocycles. The lowest BCUT2D eigenvalue weighted by atomic mass is 10.0. The van der Waals surface area contributed by atoms with Crippen LogP contribution in [-0.4, -0.2) is 21.9 Å². The Morgan fingerprint density at radius 3 is 2.55 bits per heavy atom. The highest BCUT2D eigenvalue weighted by atomic mass is 35.5. The third kappa shape index (κ3) is 3.61. The van der Waals surface area contributed by atoms with Crippen LogP contribution in [0.2, 0.25) is 10.0 Å². The molecule has 148 valence electrons. The molecule has 0 unspecified atom stereocenters. The summed E-state index contributed by atoms with van der Waals surface area (Å²) in [7, 11) is 0. The standard InChI is InChI=1S/C23H19Cl2NO2S/c1-13-9-15(11-20(27)28)23(29-2)22-21(13)16-5-3-4-6-19(16)26(22)12-14-7-8-17(24)18(25)10-14/h3-10H,11-12H2,1-2H3,(H,27,28). The van der Waals surface area contributed by atoms with Gasteiger partial charge in [0, 0.05) is 27.7 Å². The van der Waals surface area contributed by atoms with Crippen molar-refractivity contribution in [3.63, 3.8) is 0 Å². The molecular formula is C23H19Cl2NO2S. The molecule has 6 heteroatoms. The Morgan fingerprint density at radius 1 is 1.10 bits per heavy atom. The SMILES string of the molecule is CSc1c(CC(=O)O)cc(C)c2c3ccccc3n(Cc3ccc(Cl)c(Cl)c3)c12. The molecule has 0 bridgehead atoms. The number of para-hydroxylation sites is 1. The summed E-state index contributed by atoms with van der Waals surface area (Å²) in [5, 5.41) is 12.8. The molecule has 0 saturated heterocycles. The van der Waals surface area contributed by atoms with Gasteiger partial charge in [-0.15, -0.1) is 11.8 Å². The summed E-state index contributed by atoms with van der Waals surface area (Å²) in [5.74, 6) is -0.828. The van der Waals surface area contributed by atoms with Gasteiger partial charge in [0.2, 0.25) is 0 Å². The maximum Gasteiger partial charge on any atom is 0.307 e. The minimum absolute atomic E-state index is 0.00124. The molecule has 29 heavy (non-hydrogen) atoms. The van der Waals surface area contributed by atoms with Gasteiger partial charge >= 0.3 is 5.97 Å². The fourth-order valence-corrected chi connectivity index (χ4v) is 5.12. The van der Waals surface area contributed by atoms with Crippen LogP contribution >= 0.6 is 35.0 Å². The first kappa shape index (κ1) is 20.1. The van der Waals surface area contributed by atoms with Gasteiger partial charge in [0.15, 0.2) is 0 Å². The van der Waals surface area contributed by atoms with Crippen molar-refractivity contribution in [1.29, 1.82) is 0 Å². The molecule has 4 rings (SSSR count). The highest BCUT2D eigenvalue weighted by Crippen LogP contribution is 2.40. The van der Waals surface area contributed by atoms with Crippen LogP contribution in [0.1, 0.15) is 16.7 Å². The van der Waals surface area contributed by atoms with E-state index in [0.717, 1.165) is 38.0 Å². The van der Waals surface area contributed by atoms with Crippen LogP contribution in [0.15, 0.2) is 53.4 Å². The number of aromatic nitrogens is 1. The molecular weight excluding hydrogens is 425 g/mol. The van der Waals surface area contributed by atoms with Crippen LogP contribution in [0.3, 0.4) is 0 Å². The molecule has 0 atom stereocenters. The normalized spacial score (nSPS) is 11.4. The van der Waals surface area contributed by atoms with Gasteiger partial charge in [-0.25, -0.2) is 0 Å². The summed E-state index contributed by atoms with van der Waals surface area (Å²) in [5.41, 5.74) is 5.14. The van der Waals surface area contributed by atoms with Gasteiger partial charge in [-0.2, -0.15) is 0 Å². The minimum atomic E-state index is -0.828. The first-order valence-corrected chi connectivity index (χ1v) is 11.1. The van der Waals surface area contributed by atoms with Crippen molar-refractivity contribution >= 4 is 62.7 Å². The van der Waals surface area contributed by atoms with E-state index in [4.69, 9.17) is 23.2 Å². The number of carboxylic acid groups (broad SMARTS) is 1. The number of aliphatic carboxylic acids is 1. The zero-order valence-corrected chi connectivity index (χ0v) is 18.3. The molecule has 3 nitrogen and oxygen atoms in total. The first-order valence-electron chi connectivity index (χ1n) is 9.13. The van der Waals surface area contributed by atoms with Gasteiger partial charge < -0.3 is 9.67 Å². The molecule has 0 fully saturated rings. The van der Waals surface area contributed by atoms with E-state index in [9.17, 15) is 9.90 Å². The molecule has 4 aromatic rings. The zero-order chi connectivity index (χ0) is 20.7. The molecule has 0 aliphatic heterocycles. The van der Waals surface area contributed by atoms with Crippen molar-refractivity contribution in [2.24, 2.45) is 0 Å². The van der Waals surface area contributed by atoms with Crippen LogP contribution in [0.4, 0.5) is 0 Å². The number of halogens is 2. The fourth-order valence-electron chi connectivity index (χ4n) is 4.00. The van der Waals surface area contributed by atoms with Crippen LogP contribution in [0, 0.1) is 6.92 Å². The topological polar surface area (TPSA) is 42.2 Å². The summed E-state index contributed by atoms with van der Waals surface area (Å²) >= 11 is 13.9. The van der Waals surface area contributed by atoms with Gasteiger partial charge in [0.05, 0.1) is 22.0 Å². The Kier molecular flexibility index (Phi) is 5.52. The Balaban J connectivity index is 2.05. The molecule has 0 saturated carbocycles. The summed E-state index contributed by atoms with van der Waals surface area (Å²) in [4.78, 5) is 12.5. The van der Waals surface area contributed by atoms with Crippen LogP contribution in [-0.2, 0) is 17.8 Å². The van der Waals surface area contributed by atoms with Gasteiger partial charge in [0.1, 0.15) is 0 Å². The van der Waals surface area contributed by atoms with E-state index in [0.29, 0.717) is 16.6 Å². The maximum absolute atomic E-state index is 11.5. The van der Waals surface area contributed by atoms with E-state index in [1.165, 1.54) is 5.39 Å². The number of carboxylic acids is 1. The number of carbonyl (C=O) groups is 1.